The number of para-hydroxylation sites is 1. The average Bonchev–Trinajstić information content (AvgIpc) is 3.03. The number of hydrogen-bond donors (Lipinski definition) is 1. The summed E-state index contributed by atoms with van der Waals surface area (Å²) in [5.74, 6) is 0.893. The van der Waals surface area contributed by atoms with Crippen molar-refractivity contribution in [1.29, 1.82) is 0 Å². The minimum absolute atomic E-state index is 0.148. The zero-order valence-corrected chi connectivity index (χ0v) is 11.7. The Labute approximate surface area is 127 Å². The predicted octanol–water partition coefficient (Wildman–Crippen LogP) is 3.82. The summed E-state index contributed by atoms with van der Waals surface area (Å²) >= 11 is 0. The van der Waals surface area contributed by atoms with Crippen molar-refractivity contribution in [2.75, 3.05) is 12.1 Å². The van der Waals surface area contributed by atoms with Crippen LogP contribution in [0.1, 0.15) is 10.4 Å². The van der Waals surface area contributed by atoms with E-state index in [2.05, 4.69) is 5.32 Å². The van der Waals surface area contributed by atoms with Crippen LogP contribution in [0, 0.1) is 0 Å². The highest BCUT2D eigenvalue weighted by Gasteiger charge is 2.21. The molecule has 22 heavy (non-hydrogen) atoms. The second-order valence-electron chi connectivity index (χ2n) is 5.06. The summed E-state index contributed by atoms with van der Waals surface area (Å²) in [6.07, 6.45) is 0. The van der Waals surface area contributed by atoms with E-state index in [9.17, 15) is 4.79 Å². The van der Waals surface area contributed by atoms with E-state index in [1.165, 1.54) is 0 Å². The molecular weight excluding hydrogens is 278 g/mol. The molecule has 108 valence electrons. The second kappa shape index (κ2) is 5.07. The number of hydrogen-bond acceptors (Lipinski definition) is 3. The maximum atomic E-state index is 12.5. The highest BCUT2D eigenvalue weighted by atomic mass is 16.7. The molecule has 1 amide bonds. The summed E-state index contributed by atoms with van der Waals surface area (Å²) in [5, 5.41) is 5.12. The minimum Gasteiger partial charge on any atom is -0.454 e. The van der Waals surface area contributed by atoms with Crippen LogP contribution >= 0.6 is 0 Å². The van der Waals surface area contributed by atoms with Crippen LogP contribution in [0.25, 0.3) is 10.8 Å². The Morgan fingerprint density at radius 2 is 1.77 bits per heavy atom. The highest BCUT2D eigenvalue weighted by molar-refractivity contribution is 6.07. The first kappa shape index (κ1) is 12.7. The van der Waals surface area contributed by atoms with Crippen molar-refractivity contribution >= 4 is 22.4 Å². The lowest BCUT2D eigenvalue weighted by molar-refractivity contribution is 0.102. The van der Waals surface area contributed by atoms with E-state index >= 15 is 0 Å². The summed E-state index contributed by atoms with van der Waals surface area (Å²) in [6.45, 7) is 0.148. The van der Waals surface area contributed by atoms with Gasteiger partial charge in [-0.2, -0.15) is 0 Å². The van der Waals surface area contributed by atoms with E-state index in [1.807, 2.05) is 42.5 Å². The monoisotopic (exact) mass is 291 g/mol. The van der Waals surface area contributed by atoms with Crippen LogP contribution in [-0.2, 0) is 0 Å². The fraction of sp³-hybridized carbons (Fsp3) is 0.0556. The zero-order chi connectivity index (χ0) is 14.9. The molecule has 0 aliphatic carbocycles. The maximum Gasteiger partial charge on any atom is 0.259 e. The fourth-order valence-corrected chi connectivity index (χ4v) is 2.57. The Kier molecular flexibility index (Phi) is 2.93. The van der Waals surface area contributed by atoms with Crippen molar-refractivity contribution in [3.8, 4) is 11.5 Å². The first-order valence-electron chi connectivity index (χ1n) is 7.00. The second-order valence-corrected chi connectivity index (χ2v) is 5.06. The third kappa shape index (κ3) is 2.15. The fourth-order valence-electron chi connectivity index (χ4n) is 2.57. The molecule has 0 atom stereocenters. The summed E-state index contributed by atoms with van der Waals surface area (Å²) in [6, 6.07) is 19.1. The van der Waals surface area contributed by atoms with Gasteiger partial charge in [0.05, 0.1) is 5.56 Å². The van der Waals surface area contributed by atoms with E-state index in [4.69, 9.17) is 9.47 Å². The van der Waals surface area contributed by atoms with Crippen LogP contribution in [0.4, 0.5) is 5.69 Å². The number of amides is 1. The lowest BCUT2D eigenvalue weighted by Crippen LogP contribution is -2.12. The van der Waals surface area contributed by atoms with Gasteiger partial charge < -0.3 is 14.8 Å². The van der Waals surface area contributed by atoms with Crippen LogP contribution in [0.15, 0.2) is 60.7 Å². The van der Waals surface area contributed by atoms with Gasteiger partial charge in [0.25, 0.3) is 5.91 Å². The van der Waals surface area contributed by atoms with Crippen molar-refractivity contribution in [3.63, 3.8) is 0 Å². The molecule has 1 heterocycles. The molecule has 0 fully saturated rings. The van der Waals surface area contributed by atoms with Gasteiger partial charge in [-0.15, -0.1) is 0 Å². The quantitative estimate of drug-likeness (QED) is 0.780. The molecule has 0 saturated carbocycles. The molecule has 1 N–H and O–H groups in total. The van der Waals surface area contributed by atoms with Gasteiger partial charge in [0.15, 0.2) is 11.5 Å². The molecule has 0 saturated heterocycles. The minimum atomic E-state index is -0.211. The van der Waals surface area contributed by atoms with Gasteiger partial charge in [-0.1, -0.05) is 36.4 Å². The van der Waals surface area contributed by atoms with Gasteiger partial charge >= 0.3 is 0 Å². The molecule has 3 aromatic rings. The maximum absolute atomic E-state index is 12.5. The molecule has 0 bridgehead atoms. The van der Waals surface area contributed by atoms with Gasteiger partial charge in [-0.05, 0) is 35.0 Å². The van der Waals surface area contributed by atoms with Crippen molar-refractivity contribution in [3.05, 3.63) is 66.2 Å². The molecule has 4 rings (SSSR count). The molecule has 0 aromatic heterocycles. The smallest absolute Gasteiger partial charge is 0.259 e. The third-order valence-electron chi connectivity index (χ3n) is 3.65. The van der Waals surface area contributed by atoms with Crippen molar-refractivity contribution in [1.82, 2.24) is 0 Å². The molecule has 4 heteroatoms. The zero-order valence-electron chi connectivity index (χ0n) is 11.7. The van der Waals surface area contributed by atoms with Crippen molar-refractivity contribution < 1.29 is 14.3 Å². The van der Waals surface area contributed by atoms with Crippen LogP contribution < -0.4 is 14.8 Å². The summed E-state index contributed by atoms with van der Waals surface area (Å²) < 4.78 is 10.7. The summed E-state index contributed by atoms with van der Waals surface area (Å²) in [5.41, 5.74) is 1.23. The van der Waals surface area contributed by atoms with Crippen LogP contribution in [0.2, 0.25) is 0 Å². The van der Waals surface area contributed by atoms with Crippen LogP contribution in [0.3, 0.4) is 0 Å². The number of carbonyl (C=O) groups is 1. The summed E-state index contributed by atoms with van der Waals surface area (Å²) in [7, 11) is 0. The number of anilines is 1. The van der Waals surface area contributed by atoms with E-state index in [0.717, 1.165) is 16.5 Å². The van der Waals surface area contributed by atoms with E-state index in [-0.39, 0.29) is 12.7 Å². The lowest BCUT2D eigenvalue weighted by Gasteiger charge is -2.08. The Morgan fingerprint density at radius 1 is 0.909 bits per heavy atom. The van der Waals surface area contributed by atoms with Gasteiger partial charge in [-0.25, -0.2) is 0 Å². The standard InChI is InChI=1S/C18H13NO3/c20-18(15-6-3-7-16-17(15)22-11-21-16)19-14-9-8-12-4-1-2-5-13(12)10-14/h1-10H,11H2,(H,19,20). The molecule has 3 aromatic carbocycles. The topological polar surface area (TPSA) is 47.6 Å². The average molecular weight is 291 g/mol. The van der Waals surface area contributed by atoms with Gasteiger partial charge in [0.2, 0.25) is 6.79 Å². The van der Waals surface area contributed by atoms with Crippen molar-refractivity contribution in [2.24, 2.45) is 0 Å². The predicted molar refractivity (Wildman–Crippen MR) is 84.5 cm³/mol. The molecule has 0 spiro atoms. The largest absolute Gasteiger partial charge is 0.454 e. The van der Waals surface area contributed by atoms with E-state index in [1.54, 1.807) is 18.2 Å². The number of benzene rings is 3. The summed E-state index contributed by atoms with van der Waals surface area (Å²) in [4.78, 5) is 12.5. The normalized spacial score (nSPS) is 12.4. The molecule has 1 aliphatic heterocycles. The Morgan fingerprint density at radius 3 is 2.68 bits per heavy atom. The SMILES string of the molecule is O=C(Nc1ccc2ccccc2c1)c1cccc2c1OCO2. The number of rotatable bonds is 2. The molecule has 1 aliphatic rings. The Bertz CT molecular complexity index is 873. The van der Waals surface area contributed by atoms with Gasteiger partial charge in [0, 0.05) is 5.69 Å². The first-order chi connectivity index (χ1) is 10.8. The number of ether oxygens (including phenoxy) is 2. The molecule has 0 unspecified atom stereocenters. The molecule has 4 nitrogen and oxygen atoms in total. The molecular formula is C18H13NO3. The molecule has 0 radical (unpaired) electrons. The number of fused-ring (bicyclic) bond motifs is 2. The first-order valence-corrected chi connectivity index (χ1v) is 7.00. The van der Waals surface area contributed by atoms with E-state index in [0.29, 0.717) is 17.1 Å². The Hall–Kier alpha value is -3.01. The third-order valence-corrected chi connectivity index (χ3v) is 3.65. The number of nitrogens with one attached hydrogen (secondary N) is 1. The van der Waals surface area contributed by atoms with Gasteiger partial charge in [0.1, 0.15) is 0 Å². The van der Waals surface area contributed by atoms with Crippen LogP contribution in [-0.4, -0.2) is 12.7 Å². The lowest BCUT2D eigenvalue weighted by atomic mass is 10.1. The van der Waals surface area contributed by atoms with Crippen molar-refractivity contribution in [2.45, 2.75) is 0 Å². The number of carbonyl (C=O) groups excluding carboxylic acids is 1. The Balaban J connectivity index is 1.65. The highest BCUT2D eigenvalue weighted by Crippen LogP contribution is 2.35. The van der Waals surface area contributed by atoms with Crippen LogP contribution in [0.5, 0.6) is 11.5 Å². The van der Waals surface area contributed by atoms with E-state index < -0.39 is 0 Å². The van der Waals surface area contributed by atoms with Gasteiger partial charge in [-0.3, -0.25) is 4.79 Å².